The Labute approximate surface area is 88.5 Å². The van der Waals surface area contributed by atoms with E-state index in [-0.39, 0.29) is 5.91 Å². The number of likely N-dealkylation sites (N-methyl/N-ethyl adjacent to an activating group) is 1. The molecule has 1 aromatic heterocycles. The third kappa shape index (κ3) is 2.07. The van der Waals surface area contributed by atoms with Crippen LogP contribution in [0.4, 0.5) is 11.4 Å². The molecule has 1 aromatic rings. The lowest BCUT2D eigenvalue weighted by Crippen LogP contribution is -2.41. The number of amides is 1. The number of fused-ring (bicyclic) bond motifs is 1. The molecule has 5 heteroatoms. The minimum Gasteiger partial charge on any atom is -0.358 e. The summed E-state index contributed by atoms with van der Waals surface area (Å²) in [5.41, 5.74) is 1.84. The fraction of sp³-hybridized carbons (Fsp3) is 0.400. The predicted octanol–water partition coefficient (Wildman–Crippen LogP) is 0.0595. The summed E-state index contributed by atoms with van der Waals surface area (Å²) in [6.45, 7) is 2.06. The number of anilines is 2. The van der Waals surface area contributed by atoms with Gasteiger partial charge in [0, 0.05) is 19.3 Å². The molecule has 2 rings (SSSR count). The van der Waals surface area contributed by atoms with E-state index in [1.165, 1.54) is 0 Å². The maximum atomic E-state index is 11.4. The summed E-state index contributed by atoms with van der Waals surface area (Å²) in [6.07, 6.45) is 3.46. The quantitative estimate of drug-likeness (QED) is 0.734. The first-order chi connectivity index (χ1) is 7.31. The van der Waals surface area contributed by atoms with Crippen LogP contribution in [0.25, 0.3) is 0 Å². The summed E-state index contributed by atoms with van der Waals surface area (Å²) in [7, 11) is 1.90. The van der Waals surface area contributed by atoms with Crippen molar-refractivity contribution in [1.82, 2.24) is 10.3 Å². The Morgan fingerprint density at radius 2 is 2.53 bits per heavy atom. The number of nitrogens with zero attached hydrogens (tertiary/aromatic N) is 2. The Morgan fingerprint density at radius 1 is 1.67 bits per heavy atom. The molecule has 0 saturated heterocycles. The summed E-state index contributed by atoms with van der Waals surface area (Å²) < 4.78 is 0. The van der Waals surface area contributed by atoms with Gasteiger partial charge >= 0.3 is 0 Å². The van der Waals surface area contributed by atoms with Gasteiger partial charge in [0.1, 0.15) is 0 Å². The highest BCUT2D eigenvalue weighted by molar-refractivity contribution is 6.00. The van der Waals surface area contributed by atoms with Gasteiger partial charge in [-0.25, -0.2) is 0 Å². The van der Waals surface area contributed by atoms with Gasteiger partial charge in [-0.2, -0.15) is 0 Å². The molecule has 1 aliphatic heterocycles. The SMILES string of the molecule is CNCCN1CC(=O)Nc2ccncc21. The lowest BCUT2D eigenvalue weighted by molar-refractivity contribution is -0.115. The number of carbonyl (C=O) groups excluding carboxylic acids is 1. The number of rotatable bonds is 3. The van der Waals surface area contributed by atoms with E-state index in [0.717, 1.165) is 24.5 Å². The lowest BCUT2D eigenvalue weighted by Gasteiger charge is -2.30. The van der Waals surface area contributed by atoms with Crippen LogP contribution in [0.3, 0.4) is 0 Å². The van der Waals surface area contributed by atoms with Gasteiger partial charge < -0.3 is 15.5 Å². The van der Waals surface area contributed by atoms with E-state index in [1.807, 2.05) is 18.0 Å². The molecule has 0 atom stereocenters. The minimum atomic E-state index is 0.0322. The van der Waals surface area contributed by atoms with Crippen LogP contribution < -0.4 is 15.5 Å². The zero-order valence-corrected chi connectivity index (χ0v) is 8.66. The number of aromatic nitrogens is 1. The Hall–Kier alpha value is -1.62. The largest absolute Gasteiger partial charge is 0.358 e. The zero-order valence-electron chi connectivity index (χ0n) is 8.66. The van der Waals surface area contributed by atoms with Crippen molar-refractivity contribution in [2.24, 2.45) is 0 Å². The molecule has 0 spiro atoms. The standard InChI is InChI=1S/C10H14N4O/c1-11-4-5-14-7-10(15)13-8-2-3-12-6-9(8)14/h2-3,6,11H,4-5,7H2,1H3,(H,13,15). The molecule has 0 bridgehead atoms. The number of pyridine rings is 1. The fourth-order valence-electron chi connectivity index (χ4n) is 1.64. The van der Waals surface area contributed by atoms with Gasteiger partial charge in [-0.1, -0.05) is 0 Å². The molecular formula is C10H14N4O. The van der Waals surface area contributed by atoms with E-state index < -0.39 is 0 Å². The van der Waals surface area contributed by atoms with Crippen LogP contribution in [0.2, 0.25) is 0 Å². The van der Waals surface area contributed by atoms with Crippen LogP contribution in [-0.2, 0) is 4.79 Å². The third-order valence-electron chi connectivity index (χ3n) is 2.38. The van der Waals surface area contributed by atoms with Crippen molar-refractivity contribution in [3.8, 4) is 0 Å². The second-order valence-electron chi connectivity index (χ2n) is 3.47. The van der Waals surface area contributed by atoms with Crippen LogP contribution >= 0.6 is 0 Å². The van der Waals surface area contributed by atoms with Crippen LogP contribution in [0.5, 0.6) is 0 Å². The Kier molecular flexibility index (Phi) is 2.82. The number of hydrogen-bond acceptors (Lipinski definition) is 4. The average Bonchev–Trinajstić information content (AvgIpc) is 2.25. The highest BCUT2D eigenvalue weighted by Gasteiger charge is 2.20. The Morgan fingerprint density at radius 3 is 3.33 bits per heavy atom. The van der Waals surface area contributed by atoms with Gasteiger partial charge in [-0.05, 0) is 13.1 Å². The van der Waals surface area contributed by atoms with Crippen LogP contribution in [0, 0.1) is 0 Å². The van der Waals surface area contributed by atoms with Crippen molar-refractivity contribution in [3.63, 3.8) is 0 Å². The predicted molar refractivity (Wildman–Crippen MR) is 59.0 cm³/mol. The lowest BCUT2D eigenvalue weighted by atomic mass is 10.2. The first-order valence-corrected chi connectivity index (χ1v) is 4.94. The van der Waals surface area contributed by atoms with Crippen LogP contribution in [0.15, 0.2) is 18.5 Å². The van der Waals surface area contributed by atoms with Gasteiger partial charge in [0.05, 0.1) is 24.1 Å². The van der Waals surface area contributed by atoms with Gasteiger partial charge in [0.2, 0.25) is 5.91 Å². The van der Waals surface area contributed by atoms with Crippen LogP contribution in [-0.4, -0.2) is 37.6 Å². The van der Waals surface area contributed by atoms with Crippen molar-refractivity contribution in [2.75, 3.05) is 36.9 Å². The van der Waals surface area contributed by atoms with Crippen molar-refractivity contribution < 1.29 is 4.79 Å². The smallest absolute Gasteiger partial charge is 0.243 e. The number of hydrogen-bond donors (Lipinski definition) is 2. The molecule has 0 fully saturated rings. The monoisotopic (exact) mass is 206 g/mol. The molecule has 15 heavy (non-hydrogen) atoms. The zero-order chi connectivity index (χ0) is 10.7. The van der Waals surface area contributed by atoms with E-state index in [1.54, 1.807) is 12.4 Å². The molecule has 1 amide bonds. The van der Waals surface area contributed by atoms with E-state index in [0.29, 0.717) is 6.54 Å². The molecule has 0 aromatic carbocycles. The van der Waals surface area contributed by atoms with Gasteiger partial charge in [-0.3, -0.25) is 9.78 Å². The maximum absolute atomic E-state index is 11.4. The highest BCUT2D eigenvalue weighted by Crippen LogP contribution is 2.27. The molecule has 0 unspecified atom stereocenters. The molecule has 2 heterocycles. The fourth-order valence-corrected chi connectivity index (χ4v) is 1.64. The van der Waals surface area contributed by atoms with Crippen LogP contribution in [0.1, 0.15) is 0 Å². The summed E-state index contributed by atoms with van der Waals surface area (Å²) >= 11 is 0. The molecular weight excluding hydrogens is 192 g/mol. The Bertz CT molecular complexity index is 366. The molecule has 0 saturated carbocycles. The topological polar surface area (TPSA) is 57.3 Å². The first kappa shape index (κ1) is 9.92. The number of nitrogens with one attached hydrogen (secondary N) is 2. The second kappa shape index (κ2) is 4.27. The Balaban J connectivity index is 2.22. The van der Waals surface area contributed by atoms with E-state index >= 15 is 0 Å². The minimum absolute atomic E-state index is 0.0322. The summed E-state index contributed by atoms with van der Waals surface area (Å²) in [6, 6.07) is 1.82. The summed E-state index contributed by atoms with van der Waals surface area (Å²) in [5, 5.41) is 5.89. The maximum Gasteiger partial charge on any atom is 0.243 e. The van der Waals surface area contributed by atoms with Crippen molar-refractivity contribution in [3.05, 3.63) is 18.5 Å². The number of carbonyl (C=O) groups is 1. The molecule has 1 aliphatic rings. The third-order valence-corrected chi connectivity index (χ3v) is 2.38. The first-order valence-electron chi connectivity index (χ1n) is 4.94. The van der Waals surface area contributed by atoms with Gasteiger partial charge in [-0.15, -0.1) is 0 Å². The molecule has 0 radical (unpaired) electrons. The summed E-state index contributed by atoms with van der Waals surface area (Å²) in [5.74, 6) is 0.0322. The van der Waals surface area contributed by atoms with Crippen molar-refractivity contribution >= 4 is 17.3 Å². The van der Waals surface area contributed by atoms with Gasteiger partial charge in [0.25, 0.3) is 0 Å². The normalized spacial score (nSPS) is 14.7. The molecule has 5 nitrogen and oxygen atoms in total. The van der Waals surface area contributed by atoms with Gasteiger partial charge in [0.15, 0.2) is 0 Å². The van der Waals surface area contributed by atoms with E-state index in [2.05, 4.69) is 15.6 Å². The van der Waals surface area contributed by atoms with Crippen molar-refractivity contribution in [1.29, 1.82) is 0 Å². The molecule has 2 N–H and O–H groups in total. The highest BCUT2D eigenvalue weighted by atomic mass is 16.2. The van der Waals surface area contributed by atoms with Crippen molar-refractivity contribution in [2.45, 2.75) is 0 Å². The molecule has 0 aliphatic carbocycles. The van der Waals surface area contributed by atoms with E-state index in [4.69, 9.17) is 0 Å². The average molecular weight is 206 g/mol. The molecule has 80 valence electrons. The van der Waals surface area contributed by atoms with E-state index in [9.17, 15) is 4.79 Å². The summed E-state index contributed by atoms with van der Waals surface area (Å²) in [4.78, 5) is 17.5. The second-order valence-corrected chi connectivity index (χ2v) is 3.47.